The Morgan fingerprint density at radius 3 is 1.95 bits per heavy atom. The van der Waals surface area contributed by atoms with E-state index >= 15 is 0 Å². The van der Waals surface area contributed by atoms with Crippen molar-refractivity contribution >= 4 is 0 Å². The van der Waals surface area contributed by atoms with E-state index in [0.29, 0.717) is 0 Å². The summed E-state index contributed by atoms with van der Waals surface area (Å²) in [6.07, 6.45) is 0.978. The number of hydrogen-bond acceptors (Lipinski definition) is 0. The van der Waals surface area contributed by atoms with Crippen LogP contribution in [0.1, 0.15) is 16.7 Å². The molecule has 0 atom stereocenters. The van der Waals surface area contributed by atoms with E-state index in [1.54, 1.807) is 0 Å². The highest BCUT2D eigenvalue weighted by Gasteiger charge is 2.07. The largest absolute Gasteiger partial charge is 0.0622 e. The van der Waals surface area contributed by atoms with E-state index in [9.17, 15) is 0 Å². The van der Waals surface area contributed by atoms with Gasteiger partial charge in [-0.05, 0) is 41.2 Å². The van der Waals surface area contributed by atoms with Crippen LogP contribution in [0.15, 0.2) is 78.9 Å². The normalized spacial score (nSPS) is 10.4. The molecule has 0 heterocycles. The quantitative estimate of drug-likeness (QED) is 0.601. The predicted molar refractivity (Wildman–Crippen MR) is 85.9 cm³/mol. The Morgan fingerprint density at radius 1 is 0.600 bits per heavy atom. The van der Waals surface area contributed by atoms with Crippen LogP contribution in [0.2, 0.25) is 0 Å². The molecule has 3 aromatic carbocycles. The molecule has 3 aromatic rings. The van der Waals surface area contributed by atoms with Crippen LogP contribution in [0.25, 0.3) is 11.1 Å². The lowest BCUT2D eigenvalue weighted by molar-refractivity contribution is 1.19. The Hall–Kier alpha value is -2.34. The maximum absolute atomic E-state index is 2.23. The molecule has 0 bridgehead atoms. The van der Waals surface area contributed by atoms with Gasteiger partial charge in [0.15, 0.2) is 0 Å². The maximum atomic E-state index is 2.23. The minimum Gasteiger partial charge on any atom is -0.0622 e. The van der Waals surface area contributed by atoms with Crippen molar-refractivity contribution in [2.75, 3.05) is 0 Å². The summed E-state index contributed by atoms with van der Waals surface area (Å²) in [5, 5.41) is 0. The minimum absolute atomic E-state index is 0.978. The first kappa shape index (κ1) is 12.7. The second-order valence-electron chi connectivity index (χ2n) is 5.13. The van der Waals surface area contributed by atoms with Crippen molar-refractivity contribution in [3.63, 3.8) is 0 Å². The molecule has 0 amide bonds. The third-order valence-electron chi connectivity index (χ3n) is 3.69. The van der Waals surface area contributed by atoms with Crippen molar-refractivity contribution in [1.82, 2.24) is 0 Å². The minimum atomic E-state index is 0.978. The fraction of sp³-hybridized carbons (Fsp3) is 0.100. The van der Waals surface area contributed by atoms with Crippen LogP contribution in [0.3, 0.4) is 0 Å². The van der Waals surface area contributed by atoms with E-state index in [-0.39, 0.29) is 0 Å². The standard InChI is InChI=1S/C20H18/c1-16-9-5-7-13-19(16)20-14-8-6-12-18(20)15-17-10-3-2-4-11-17/h2-14H,15H2,1H3. The lowest BCUT2D eigenvalue weighted by Crippen LogP contribution is -1.93. The SMILES string of the molecule is Cc1ccccc1-c1ccccc1Cc1ccccc1. The van der Waals surface area contributed by atoms with Gasteiger partial charge >= 0.3 is 0 Å². The van der Waals surface area contributed by atoms with Gasteiger partial charge in [-0.3, -0.25) is 0 Å². The van der Waals surface area contributed by atoms with Crippen LogP contribution in [0.4, 0.5) is 0 Å². The Labute approximate surface area is 120 Å². The third-order valence-corrected chi connectivity index (χ3v) is 3.69. The van der Waals surface area contributed by atoms with E-state index in [0.717, 1.165) is 6.42 Å². The van der Waals surface area contributed by atoms with Gasteiger partial charge in [0.05, 0.1) is 0 Å². The highest BCUT2D eigenvalue weighted by atomic mass is 14.1. The summed E-state index contributed by atoms with van der Waals surface area (Å²) in [4.78, 5) is 0. The number of rotatable bonds is 3. The predicted octanol–water partition coefficient (Wildman–Crippen LogP) is 5.25. The average molecular weight is 258 g/mol. The molecule has 0 aliphatic carbocycles. The molecule has 0 heteroatoms. The first-order valence-electron chi connectivity index (χ1n) is 7.02. The van der Waals surface area contributed by atoms with Gasteiger partial charge in [-0.2, -0.15) is 0 Å². The second kappa shape index (κ2) is 5.75. The summed E-state index contributed by atoms with van der Waals surface area (Å²) in [5.74, 6) is 0. The van der Waals surface area contributed by atoms with Gasteiger partial charge in [0.25, 0.3) is 0 Å². The highest BCUT2D eigenvalue weighted by molar-refractivity contribution is 5.70. The van der Waals surface area contributed by atoms with Crippen molar-refractivity contribution in [3.05, 3.63) is 95.6 Å². The molecule has 0 unspecified atom stereocenters. The zero-order valence-electron chi connectivity index (χ0n) is 11.7. The lowest BCUT2D eigenvalue weighted by Gasteiger charge is -2.12. The van der Waals surface area contributed by atoms with E-state index in [1.807, 2.05) is 0 Å². The third kappa shape index (κ3) is 2.65. The summed E-state index contributed by atoms with van der Waals surface area (Å²) in [6.45, 7) is 2.18. The van der Waals surface area contributed by atoms with E-state index < -0.39 is 0 Å². The van der Waals surface area contributed by atoms with E-state index in [1.165, 1.54) is 27.8 Å². The van der Waals surface area contributed by atoms with Crippen LogP contribution in [-0.2, 0) is 6.42 Å². The summed E-state index contributed by atoms with van der Waals surface area (Å²) in [6, 6.07) is 27.9. The second-order valence-corrected chi connectivity index (χ2v) is 5.13. The molecule has 0 spiro atoms. The molecule has 98 valence electrons. The molecule has 0 aromatic heterocycles. The van der Waals surface area contributed by atoms with Crippen LogP contribution >= 0.6 is 0 Å². The van der Waals surface area contributed by atoms with Gasteiger partial charge in [-0.1, -0.05) is 78.9 Å². The van der Waals surface area contributed by atoms with Gasteiger partial charge < -0.3 is 0 Å². The van der Waals surface area contributed by atoms with Crippen molar-refractivity contribution in [1.29, 1.82) is 0 Å². The molecule has 0 aliphatic heterocycles. The molecule has 0 fully saturated rings. The number of benzene rings is 3. The summed E-state index contributed by atoms with van der Waals surface area (Å²) in [7, 11) is 0. The van der Waals surface area contributed by atoms with Crippen LogP contribution < -0.4 is 0 Å². The van der Waals surface area contributed by atoms with Gasteiger partial charge in [-0.25, -0.2) is 0 Å². The van der Waals surface area contributed by atoms with Gasteiger partial charge in [-0.15, -0.1) is 0 Å². The maximum Gasteiger partial charge on any atom is -0.00196 e. The van der Waals surface area contributed by atoms with Crippen LogP contribution in [0.5, 0.6) is 0 Å². The Balaban J connectivity index is 2.03. The zero-order valence-corrected chi connectivity index (χ0v) is 11.7. The van der Waals surface area contributed by atoms with Crippen LogP contribution in [0, 0.1) is 6.92 Å². The number of aryl methyl sites for hydroxylation is 1. The first-order chi connectivity index (χ1) is 9.84. The van der Waals surface area contributed by atoms with Gasteiger partial charge in [0.1, 0.15) is 0 Å². The van der Waals surface area contributed by atoms with E-state index in [4.69, 9.17) is 0 Å². The zero-order chi connectivity index (χ0) is 13.8. The van der Waals surface area contributed by atoms with Crippen molar-refractivity contribution in [3.8, 4) is 11.1 Å². The van der Waals surface area contributed by atoms with Crippen molar-refractivity contribution in [2.45, 2.75) is 13.3 Å². The lowest BCUT2D eigenvalue weighted by atomic mass is 9.93. The van der Waals surface area contributed by atoms with Crippen molar-refractivity contribution < 1.29 is 0 Å². The van der Waals surface area contributed by atoms with Crippen LogP contribution in [-0.4, -0.2) is 0 Å². The molecule has 20 heavy (non-hydrogen) atoms. The Morgan fingerprint density at radius 2 is 1.20 bits per heavy atom. The molecule has 0 saturated heterocycles. The van der Waals surface area contributed by atoms with Gasteiger partial charge in [0, 0.05) is 0 Å². The highest BCUT2D eigenvalue weighted by Crippen LogP contribution is 2.28. The molecule has 0 nitrogen and oxygen atoms in total. The molecule has 0 aliphatic rings. The number of hydrogen-bond donors (Lipinski definition) is 0. The Bertz CT molecular complexity index is 696. The smallest absolute Gasteiger partial charge is 0.00196 e. The van der Waals surface area contributed by atoms with Crippen molar-refractivity contribution in [2.24, 2.45) is 0 Å². The molecular formula is C20H18. The monoisotopic (exact) mass is 258 g/mol. The Kier molecular flexibility index (Phi) is 3.64. The summed E-state index contributed by atoms with van der Waals surface area (Å²) < 4.78 is 0. The molecule has 0 radical (unpaired) electrons. The summed E-state index contributed by atoms with van der Waals surface area (Å²) in [5.41, 5.74) is 6.74. The fourth-order valence-corrected chi connectivity index (χ4v) is 2.63. The summed E-state index contributed by atoms with van der Waals surface area (Å²) >= 11 is 0. The fourth-order valence-electron chi connectivity index (χ4n) is 2.63. The van der Waals surface area contributed by atoms with E-state index in [2.05, 4.69) is 85.8 Å². The first-order valence-corrected chi connectivity index (χ1v) is 7.02. The molecule has 0 N–H and O–H groups in total. The topological polar surface area (TPSA) is 0 Å². The molecule has 0 saturated carbocycles. The van der Waals surface area contributed by atoms with Gasteiger partial charge in [0.2, 0.25) is 0 Å². The average Bonchev–Trinajstić information content (AvgIpc) is 2.50. The molecule has 3 rings (SSSR count). The molecular weight excluding hydrogens is 240 g/mol.